The molecule has 0 aromatic carbocycles. The molecule has 11 nitrogen and oxygen atoms in total. The number of esters is 2. The minimum absolute atomic E-state index is 0.0306. The first-order valence-electron chi connectivity index (χ1n) is 17.5. The van der Waals surface area contributed by atoms with Gasteiger partial charge >= 0.3 is 11.9 Å². The van der Waals surface area contributed by atoms with Gasteiger partial charge in [0.15, 0.2) is 0 Å². The highest BCUT2D eigenvalue weighted by molar-refractivity contribution is 5.88. The molecule has 4 aliphatic heterocycles. The Morgan fingerprint density at radius 3 is 2.78 bits per heavy atom. The maximum Gasteiger partial charge on any atom is 0.334 e. The number of amides is 1. The van der Waals surface area contributed by atoms with Gasteiger partial charge in [-0.15, -0.1) is 0 Å². The van der Waals surface area contributed by atoms with Gasteiger partial charge in [0.1, 0.15) is 17.3 Å². The number of nitrogens with zero attached hydrogens (tertiary/aromatic N) is 1. The minimum Gasteiger partial charge on any atom is -0.462 e. The summed E-state index contributed by atoms with van der Waals surface area (Å²) in [5, 5.41) is 16.3. The van der Waals surface area contributed by atoms with E-state index in [1.54, 1.807) is 13.0 Å². The van der Waals surface area contributed by atoms with Crippen molar-refractivity contribution >= 4 is 17.8 Å². The standard InChI is InChI=1S/C35H54N4O7/c1-4-22(9-11-40)33(43)46-34(2)10-5-6-27(35(34)16-24-12-23-7-8-32(42)44-28(23)15-29(24)45-35)26-14-30(36)38-18-25(26)13-31(41)39-19-21(20-39)17-37-3/h4-6,21,23-30,37-38,40H,7-20,36H2,1-3H3. The zero-order valence-corrected chi connectivity index (χ0v) is 27.7. The second-order valence-electron chi connectivity index (χ2n) is 15.0. The van der Waals surface area contributed by atoms with Crippen molar-refractivity contribution in [3.05, 3.63) is 23.8 Å². The zero-order valence-electron chi connectivity index (χ0n) is 27.7. The first-order valence-corrected chi connectivity index (χ1v) is 17.5. The Labute approximate surface area is 273 Å². The van der Waals surface area contributed by atoms with Crippen molar-refractivity contribution in [2.75, 3.05) is 39.8 Å². The molecule has 11 heteroatoms. The molecule has 6 rings (SSSR count). The number of hydrogen-bond acceptors (Lipinski definition) is 10. The van der Waals surface area contributed by atoms with Crippen LogP contribution in [0.2, 0.25) is 0 Å². The summed E-state index contributed by atoms with van der Waals surface area (Å²) in [6.45, 7) is 6.76. The molecule has 1 spiro atoms. The fraction of sp³-hybridized carbons (Fsp3) is 0.800. The number of fused-ring (bicyclic) bond motifs is 2. The molecule has 5 N–H and O–H groups in total. The Kier molecular flexibility index (Phi) is 9.98. The maximum absolute atomic E-state index is 13.6. The molecule has 46 heavy (non-hydrogen) atoms. The Morgan fingerprint density at radius 2 is 2.04 bits per heavy atom. The van der Waals surface area contributed by atoms with Gasteiger partial charge in [-0.2, -0.15) is 0 Å². The predicted molar refractivity (Wildman–Crippen MR) is 171 cm³/mol. The molecule has 0 bridgehead atoms. The van der Waals surface area contributed by atoms with E-state index in [2.05, 4.69) is 22.8 Å². The molecular weight excluding hydrogens is 588 g/mol. The molecule has 256 valence electrons. The number of likely N-dealkylation sites (tertiary alicyclic amines) is 1. The summed E-state index contributed by atoms with van der Waals surface area (Å²) in [6.07, 6.45) is 11.0. The molecule has 2 aliphatic carbocycles. The van der Waals surface area contributed by atoms with E-state index in [1.807, 2.05) is 18.9 Å². The quantitative estimate of drug-likeness (QED) is 0.167. The van der Waals surface area contributed by atoms with E-state index in [0.29, 0.717) is 56.1 Å². The van der Waals surface area contributed by atoms with Crippen LogP contribution < -0.4 is 16.4 Å². The normalized spacial score (nSPS) is 41.0. The highest BCUT2D eigenvalue weighted by Gasteiger charge is 2.66. The lowest BCUT2D eigenvalue weighted by molar-refractivity contribution is -0.227. The SMILES string of the molecule is CC=C(CCO)C(=O)OC1(C)CC=CC(C2CC(N)NCC2CC(=O)N2CC(CNC)C2)C12CC1CC3CCC(=O)OC3CC1O2. The van der Waals surface area contributed by atoms with Crippen molar-refractivity contribution in [3.8, 4) is 0 Å². The third kappa shape index (κ3) is 6.30. The van der Waals surface area contributed by atoms with Crippen molar-refractivity contribution in [1.82, 2.24) is 15.5 Å². The largest absolute Gasteiger partial charge is 0.462 e. The minimum atomic E-state index is -0.992. The molecular formula is C35H54N4O7. The van der Waals surface area contributed by atoms with Crippen molar-refractivity contribution in [3.63, 3.8) is 0 Å². The summed E-state index contributed by atoms with van der Waals surface area (Å²) in [5.41, 5.74) is 5.17. The smallest absolute Gasteiger partial charge is 0.334 e. The Morgan fingerprint density at radius 1 is 1.24 bits per heavy atom. The lowest BCUT2D eigenvalue weighted by Gasteiger charge is -2.55. The lowest BCUT2D eigenvalue weighted by Crippen LogP contribution is -2.64. The summed E-state index contributed by atoms with van der Waals surface area (Å²) >= 11 is 0. The summed E-state index contributed by atoms with van der Waals surface area (Å²) in [6, 6.07) is 0. The third-order valence-corrected chi connectivity index (χ3v) is 12.1. The second kappa shape index (κ2) is 13.7. The second-order valence-corrected chi connectivity index (χ2v) is 15.0. The van der Waals surface area contributed by atoms with Gasteiger partial charge < -0.3 is 40.6 Å². The van der Waals surface area contributed by atoms with Crippen LogP contribution in [0.1, 0.15) is 71.6 Å². The van der Waals surface area contributed by atoms with Crippen molar-refractivity contribution < 1.29 is 33.7 Å². The van der Waals surface area contributed by atoms with Crippen LogP contribution in [0.15, 0.2) is 23.8 Å². The van der Waals surface area contributed by atoms with Gasteiger partial charge in [0, 0.05) is 82.3 Å². The molecule has 10 atom stereocenters. The number of nitrogens with one attached hydrogen (secondary N) is 2. The average Bonchev–Trinajstić information content (AvgIpc) is 3.38. The molecule has 5 fully saturated rings. The van der Waals surface area contributed by atoms with Crippen molar-refractivity contribution in [2.24, 2.45) is 41.2 Å². The van der Waals surface area contributed by atoms with Crippen LogP contribution in [0.3, 0.4) is 0 Å². The Balaban J connectivity index is 1.31. The fourth-order valence-corrected chi connectivity index (χ4v) is 9.63. The van der Waals surface area contributed by atoms with Gasteiger partial charge in [-0.1, -0.05) is 18.2 Å². The number of aliphatic hydroxyl groups is 1. The van der Waals surface area contributed by atoms with Crippen LogP contribution in [0.5, 0.6) is 0 Å². The van der Waals surface area contributed by atoms with Gasteiger partial charge in [0.2, 0.25) is 5.91 Å². The zero-order chi connectivity index (χ0) is 32.6. The van der Waals surface area contributed by atoms with Gasteiger partial charge in [-0.3, -0.25) is 9.59 Å². The molecule has 0 radical (unpaired) electrons. The average molecular weight is 643 g/mol. The van der Waals surface area contributed by atoms with E-state index in [-0.39, 0.29) is 66.9 Å². The molecule has 1 amide bonds. The highest BCUT2D eigenvalue weighted by Crippen LogP contribution is 2.59. The van der Waals surface area contributed by atoms with Crippen LogP contribution in [-0.4, -0.2) is 97.3 Å². The van der Waals surface area contributed by atoms with E-state index in [9.17, 15) is 19.5 Å². The molecule has 0 aromatic rings. The van der Waals surface area contributed by atoms with Crippen molar-refractivity contribution in [1.29, 1.82) is 0 Å². The number of piperidine rings is 1. The first-order chi connectivity index (χ1) is 22.1. The summed E-state index contributed by atoms with van der Waals surface area (Å²) in [5.74, 6) is 0.580. The monoisotopic (exact) mass is 642 g/mol. The number of nitrogens with two attached hydrogens (primary N) is 1. The molecule has 4 saturated heterocycles. The van der Waals surface area contributed by atoms with Gasteiger partial charge in [-0.05, 0) is 70.3 Å². The van der Waals surface area contributed by atoms with Gasteiger partial charge in [0.05, 0.1) is 12.3 Å². The van der Waals surface area contributed by atoms with Crippen LogP contribution in [0.25, 0.3) is 0 Å². The number of allylic oxidation sites excluding steroid dienone is 1. The van der Waals surface area contributed by atoms with Crippen LogP contribution in [-0.2, 0) is 28.6 Å². The van der Waals surface area contributed by atoms with Crippen LogP contribution >= 0.6 is 0 Å². The fourth-order valence-electron chi connectivity index (χ4n) is 9.63. The molecule has 1 saturated carbocycles. The summed E-state index contributed by atoms with van der Waals surface area (Å²) in [4.78, 5) is 41.4. The van der Waals surface area contributed by atoms with E-state index in [4.69, 9.17) is 19.9 Å². The highest BCUT2D eigenvalue weighted by atomic mass is 16.6. The number of carbonyl (C=O) groups excluding carboxylic acids is 3. The topological polar surface area (TPSA) is 152 Å². The van der Waals surface area contributed by atoms with Gasteiger partial charge in [-0.25, -0.2) is 4.79 Å². The lowest BCUT2D eigenvalue weighted by atomic mass is 9.58. The van der Waals surface area contributed by atoms with Gasteiger partial charge in [0.25, 0.3) is 0 Å². The van der Waals surface area contributed by atoms with Crippen LogP contribution in [0, 0.1) is 35.5 Å². The maximum atomic E-state index is 13.6. The van der Waals surface area contributed by atoms with E-state index in [0.717, 1.165) is 38.9 Å². The van der Waals surface area contributed by atoms with E-state index in [1.165, 1.54) is 0 Å². The summed E-state index contributed by atoms with van der Waals surface area (Å²) < 4.78 is 19.6. The predicted octanol–water partition coefficient (Wildman–Crippen LogP) is 2.03. The molecule has 0 aromatic heterocycles. The molecule has 6 aliphatic rings. The molecule has 10 unspecified atom stereocenters. The van der Waals surface area contributed by atoms with Crippen molar-refractivity contribution in [2.45, 2.75) is 101 Å². The van der Waals surface area contributed by atoms with Crippen LogP contribution in [0.4, 0.5) is 0 Å². The number of ether oxygens (including phenoxy) is 3. The molecule has 4 heterocycles. The number of carbonyl (C=O) groups is 3. The third-order valence-electron chi connectivity index (χ3n) is 12.1. The Hall–Kier alpha value is -2.31. The first kappa shape index (κ1) is 33.6. The Bertz CT molecular complexity index is 1220. The number of hydrogen-bond donors (Lipinski definition) is 4. The van der Waals surface area contributed by atoms with E-state index < -0.39 is 17.2 Å². The summed E-state index contributed by atoms with van der Waals surface area (Å²) in [7, 11) is 1.94. The number of aliphatic hydroxyl groups excluding tert-OH is 1. The van der Waals surface area contributed by atoms with E-state index >= 15 is 0 Å². The number of rotatable bonds is 9.